The molecule has 3 atom stereocenters. The van der Waals surface area contributed by atoms with Crippen LogP contribution in [0.25, 0.3) is 0 Å². The highest BCUT2D eigenvalue weighted by Gasteiger charge is 2.25. The normalized spacial score (nSPS) is 12.6. The largest absolute Gasteiger partial charge is 0.489 e. The molecule has 2 amide bonds. The van der Waals surface area contributed by atoms with Crippen LogP contribution in [-0.2, 0) is 38.6 Å². The zero-order chi connectivity index (χ0) is 33.0. The molecule has 0 radical (unpaired) electrons. The third-order valence-electron chi connectivity index (χ3n) is 7.40. The highest BCUT2D eigenvalue weighted by Crippen LogP contribution is 2.17. The first-order valence-electron chi connectivity index (χ1n) is 15.8. The van der Waals surface area contributed by atoms with Crippen molar-refractivity contribution in [2.24, 2.45) is 5.92 Å². The van der Waals surface area contributed by atoms with Gasteiger partial charge in [0.05, 0.1) is 24.6 Å². The van der Waals surface area contributed by atoms with Crippen molar-refractivity contribution in [2.75, 3.05) is 13.2 Å². The van der Waals surface area contributed by atoms with Gasteiger partial charge in [0, 0.05) is 12.8 Å². The number of rotatable bonds is 21. The van der Waals surface area contributed by atoms with Crippen molar-refractivity contribution in [1.82, 2.24) is 10.6 Å². The van der Waals surface area contributed by atoms with Crippen LogP contribution >= 0.6 is 0 Å². The first-order valence-corrected chi connectivity index (χ1v) is 15.8. The number of hydrogen-bond donors (Lipinski definition) is 3. The van der Waals surface area contributed by atoms with Crippen LogP contribution in [0.1, 0.15) is 48.8 Å². The predicted molar refractivity (Wildman–Crippen MR) is 180 cm³/mol. The molecule has 3 N–H and O–H groups in total. The summed E-state index contributed by atoms with van der Waals surface area (Å²) < 4.78 is 11.4. The number of esters is 1. The lowest BCUT2D eigenvalue weighted by Crippen LogP contribution is -2.45. The molecular weight excluding hydrogens is 580 g/mol. The monoisotopic (exact) mass is 626 g/mol. The number of aliphatic hydroxyl groups excluding tert-OH is 1. The van der Waals surface area contributed by atoms with Gasteiger partial charge in [-0.25, -0.2) is 0 Å². The second-order valence-corrected chi connectivity index (χ2v) is 11.3. The molecule has 0 aliphatic carbocycles. The molecule has 0 bridgehead atoms. The van der Waals surface area contributed by atoms with Gasteiger partial charge in [0.2, 0.25) is 11.8 Å². The van der Waals surface area contributed by atoms with Gasteiger partial charge < -0.3 is 25.2 Å². The average Bonchev–Trinajstić information content (AvgIpc) is 3.07. The first kappa shape index (κ1) is 35.8. The summed E-state index contributed by atoms with van der Waals surface area (Å²) in [6, 6.07) is 26.0. The van der Waals surface area contributed by atoms with Gasteiger partial charge in [-0.2, -0.15) is 0 Å². The average molecular weight is 627 g/mol. The predicted octanol–water partition coefficient (Wildman–Crippen LogP) is 5.49. The number of aliphatic hydroxyl groups is 1. The Balaban J connectivity index is 1.63. The van der Waals surface area contributed by atoms with Gasteiger partial charge in [0.15, 0.2) is 0 Å². The number of benzene rings is 3. The molecule has 0 aliphatic heterocycles. The van der Waals surface area contributed by atoms with Gasteiger partial charge in [-0.15, -0.1) is 13.2 Å². The summed E-state index contributed by atoms with van der Waals surface area (Å²) in [5, 5.41) is 15.7. The van der Waals surface area contributed by atoms with Crippen molar-refractivity contribution in [1.29, 1.82) is 0 Å². The number of amides is 2. The summed E-state index contributed by atoms with van der Waals surface area (Å²) in [5.74, 6) is -0.996. The van der Waals surface area contributed by atoms with E-state index in [9.17, 15) is 19.5 Å². The lowest BCUT2D eigenvalue weighted by molar-refractivity contribution is -0.145. The Labute approximate surface area is 272 Å². The summed E-state index contributed by atoms with van der Waals surface area (Å²) in [7, 11) is 0. The second-order valence-electron chi connectivity index (χ2n) is 11.3. The van der Waals surface area contributed by atoms with E-state index in [0.29, 0.717) is 38.0 Å². The molecule has 8 nitrogen and oxygen atoms in total. The fourth-order valence-corrected chi connectivity index (χ4v) is 4.93. The molecule has 46 heavy (non-hydrogen) atoms. The number of unbranched alkanes of at least 4 members (excludes halogenated alkanes) is 1. The van der Waals surface area contributed by atoms with E-state index in [1.165, 1.54) is 0 Å². The van der Waals surface area contributed by atoms with E-state index in [2.05, 4.69) is 23.8 Å². The molecule has 0 saturated heterocycles. The van der Waals surface area contributed by atoms with Crippen molar-refractivity contribution < 1.29 is 29.0 Å². The third kappa shape index (κ3) is 13.5. The lowest BCUT2D eigenvalue weighted by Gasteiger charge is -2.23. The number of carbonyl (C=O) groups excluding carboxylic acids is 3. The Hall–Kier alpha value is -4.69. The number of carbonyl (C=O) groups is 3. The van der Waals surface area contributed by atoms with Crippen LogP contribution in [0.3, 0.4) is 0 Å². The zero-order valence-electron chi connectivity index (χ0n) is 26.4. The summed E-state index contributed by atoms with van der Waals surface area (Å²) in [6.07, 6.45) is 6.04. The topological polar surface area (TPSA) is 114 Å². The van der Waals surface area contributed by atoms with Gasteiger partial charge >= 0.3 is 5.97 Å². The van der Waals surface area contributed by atoms with E-state index in [-0.39, 0.29) is 50.3 Å². The molecule has 3 aromatic rings. The van der Waals surface area contributed by atoms with Crippen molar-refractivity contribution in [3.63, 3.8) is 0 Å². The standard InChI is InChI=1S/C38H46N2O6/c1-3-5-8-18-37(43)46-28-34(24-30-19-21-35(22-20-30)45-27-31-16-11-7-12-17-31)40-38(44)32(13-4-2)25-36(42)39-33(26-41)23-29-14-9-6-10-15-29/h3-4,6-7,9-12,14-17,19-22,32-34,41H,1-2,5,8,13,18,23-28H2,(H,39,42)(H,40,44). The molecule has 0 saturated carbocycles. The van der Waals surface area contributed by atoms with Crippen LogP contribution in [-0.4, -0.2) is 48.2 Å². The van der Waals surface area contributed by atoms with Crippen molar-refractivity contribution >= 4 is 17.8 Å². The fraction of sp³-hybridized carbons (Fsp3) is 0.342. The molecule has 8 heteroatoms. The summed E-state index contributed by atoms with van der Waals surface area (Å²) in [6.45, 7) is 7.66. The molecule has 3 unspecified atom stereocenters. The summed E-state index contributed by atoms with van der Waals surface area (Å²) in [5.41, 5.74) is 2.97. The Bertz CT molecular complexity index is 1360. The number of ether oxygens (including phenoxy) is 2. The molecule has 0 heterocycles. The summed E-state index contributed by atoms with van der Waals surface area (Å²) in [4.78, 5) is 38.8. The van der Waals surface area contributed by atoms with Gasteiger partial charge in [0.1, 0.15) is 19.0 Å². The highest BCUT2D eigenvalue weighted by molar-refractivity contribution is 5.86. The zero-order valence-corrected chi connectivity index (χ0v) is 26.4. The van der Waals surface area contributed by atoms with Gasteiger partial charge in [-0.05, 0) is 60.9 Å². The molecule has 0 fully saturated rings. The minimum Gasteiger partial charge on any atom is -0.489 e. The van der Waals surface area contributed by atoms with Crippen molar-refractivity contribution in [3.05, 3.63) is 127 Å². The maximum absolute atomic E-state index is 13.5. The van der Waals surface area contributed by atoms with Crippen LogP contribution in [0.15, 0.2) is 110 Å². The molecular formula is C38H46N2O6. The van der Waals surface area contributed by atoms with Crippen LogP contribution in [0.5, 0.6) is 5.75 Å². The number of allylic oxidation sites excluding steroid dienone is 2. The lowest BCUT2D eigenvalue weighted by atomic mass is 9.98. The Kier molecular flexibility index (Phi) is 15.8. The minimum atomic E-state index is -0.687. The Morgan fingerprint density at radius 3 is 2.04 bits per heavy atom. The minimum absolute atomic E-state index is 0.0123. The fourth-order valence-electron chi connectivity index (χ4n) is 4.93. The molecule has 0 aromatic heterocycles. The van der Waals surface area contributed by atoms with Crippen LogP contribution in [0, 0.1) is 5.92 Å². The quantitative estimate of drug-likeness (QED) is 0.0819. The molecule has 0 spiro atoms. The first-order chi connectivity index (χ1) is 22.4. The van der Waals surface area contributed by atoms with Gasteiger partial charge in [-0.1, -0.05) is 84.9 Å². The van der Waals surface area contributed by atoms with E-state index in [1.54, 1.807) is 12.2 Å². The second kappa shape index (κ2) is 20.4. The summed E-state index contributed by atoms with van der Waals surface area (Å²) >= 11 is 0. The number of hydrogen-bond acceptors (Lipinski definition) is 6. The number of nitrogens with one attached hydrogen (secondary N) is 2. The SMILES string of the molecule is C=CCCCC(=O)OCC(Cc1ccc(OCc2ccccc2)cc1)NC(=O)C(CC=C)CC(=O)NC(CO)Cc1ccccc1. The van der Waals surface area contributed by atoms with Crippen molar-refractivity contribution in [3.8, 4) is 5.75 Å². The maximum atomic E-state index is 13.5. The van der Waals surface area contributed by atoms with E-state index in [1.807, 2.05) is 84.9 Å². The van der Waals surface area contributed by atoms with Gasteiger partial charge in [0.25, 0.3) is 0 Å². The molecule has 3 rings (SSSR count). The molecule has 244 valence electrons. The Morgan fingerprint density at radius 2 is 1.41 bits per heavy atom. The van der Waals surface area contributed by atoms with Crippen molar-refractivity contribution in [2.45, 2.75) is 63.6 Å². The van der Waals surface area contributed by atoms with E-state index < -0.39 is 18.0 Å². The molecule has 3 aromatic carbocycles. The van der Waals surface area contributed by atoms with E-state index in [4.69, 9.17) is 9.47 Å². The Morgan fingerprint density at radius 1 is 0.783 bits per heavy atom. The van der Waals surface area contributed by atoms with Crippen LogP contribution in [0.2, 0.25) is 0 Å². The van der Waals surface area contributed by atoms with E-state index >= 15 is 0 Å². The third-order valence-corrected chi connectivity index (χ3v) is 7.40. The maximum Gasteiger partial charge on any atom is 0.305 e. The van der Waals surface area contributed by atoms with Crippen LogP contribution < -0.4 is 15.4 Å². The molecule has 0 aliphatic rings. The van der Waals surface area contributed by atoms with E-state index in [0.717, 1.165) is 16.7 Å². The van der Waals surface area contributed by atoms with Gasteiger partial charge in [-0.3, -0.25) is 14.4 Å². The van der Waals surface area contributed by atoms with Crippen LogP contribution in [0.4, 0.5) is 0 Å². The highest BCUT2D eigenvalue weighted by atomic mass is 16.5. The smallest absolute Gasteiger partial charge is 0.305 e.